The van der Waals surface area contributed by atoms with Gasteiger partial charge in [-0.1, -0.05) is 18.2 Å². The number of amides is 1. The zero-order valence-electron chi connectivity index (χ0n) is 17.6. The van der Waals surface area contributed by atoms with E-state index in [0.29, 0.717) is 17.2 Å². The van der Waals surface area contributed by atoms with Gasteiger partial charge in [-0.15, -0.1) is 0 Å². The molecule has 0 atom stereocenters. The normalized spacial score (nSPS) is 11.5. The van der Waals surface area contributed by atoms with E-state index in [0.717, 1.165) is 9.87 Å². The molecule has 0 heterocycles. The topological polar surface area (TPSA) is 94.2 Å². The quantitative estimate of drug-likeness (QED) is 0.652. The molecule has 1 amide bonds. The number of rotatable bonds is 9. The molecule has 0 radical (unpaired) electrons. The lowest BCUT2D eigenvalue weighted by Gasteiger charge is -2.15. The Bertz CT molecular complexity index is 1030. The number of allylic oxidation sites excluding steroid dienone is 1. The molecular weight excluding hydrogens is 408 g/mol. The molecule has 0 aromatic heterocycles. The van der Waals surface area contributed by atoms with E-state index in [-0.39, 0.29) is 17.2 Å². The molecule has 0 aliphatic rings. The van der Waals surface area contributed by atoms with Crippen LogP contribution in [-0.2, 0) is 14.8 Å². The fourth-order valence-electron chi connectivity index (χ4n) is 2.59. The van der Waals surface area contributed by atoms with Crippen molar-refractivity contribution in [1.29, 1.82) is 0 Å². The minimum Gasteiger partial charge on any atom is -0.495 e. The molecule has 162 valence electrons. The zero-order chi connectivity index (χ0) is 22.3. The number of hydrogen-bond acceptors (Lipinski definition) is 6. The number of nitrogens with zero attached hydrogens (tertiary/aromatic N) is 1. The number of carbonyl (C=O) groups is 1. The summed E-state index contributed by atoms with van der Waals surface area (Å²) in [6.07, 6.45) is 3.82. The SMILES string of the molecule is C/C=C/c1ccc(OCC(=O)Nc2cc(S(=O)(=O)N(C)C)ccc2OC)c(OC)c1. The van der Waals surface area contributed by atoms with Crippen LogP contribution in [0.2, 0.25) is 0 Å². The van der Waals surface area contributed by atoms with Gasteiger partial charge in [0.1, 0.15) is 5.75 Å². The van der Waals surface area contributed by atoms with E-state index in [9.17, 15) is 13.2 Å². The van der Waals surface area contributed by atoms with Gasteiger partial charge in [0.05, 0.1) is 24.8 Å². The molecule has 2 aromatic rings. The summed E-state index contributed by atoms with van der Waals surface area (Å²) in [4.78, 5) is 12.4. The smallest absolute Gasteiger partial charge is 0.262 e. The van der Waals surface area contributed by atoms with E-state index in [1.54, 1.807) is 12.1 Å². The van der Waals surface area contributed by atoms with Gasteiger partial charge >= 0.3 is 0 Å². The average Bonchev–Trinajstić information content (AvgIpc) is 2.72. The van der Waals surface area contributed by atoms with Crippen LogP contribution in [0, 0.1) is 0 Å². The monoisotopic (exact) mass is 434 g/mol. The number of methoxy groups -OCH3 is 2. The van der Waals surface area contributed by atoms with E-state index >= 15 is 0 Å². The van der Waals surface area contributed by atoms with Crippen LogP contribution in [0.15, 0.2) is 47.4 Å². The third-order valence-electron chi connectivity index (χ3n) is 4.13. The van der Waals surface area contributed by atoms with Crippen LogP contribution in [-0.4, -0.2) is 53.6 Å². The van der Waals surface area contributed by atoms with Crippen molar-refractivity contribution in [2.45, 2.75) is 11.8 Å². The second-order valence-corrected chi connectivity index (χ2v) is 8.55. The van der Waals surface area contributed by atoms with Crippen LogP contribution in [0.3, 0.4) is 0 Å². The second kappa shape index (κ2) is 10.1. The molecule has 0 spiro atoms. The Labute approximate surface area is 177 Å². The first-order valence-electron chi connectivity index (χ1n) is 9.07. The number of benzene rings is 2. The fraction of sp³-hybridized carbons (Fsp3) is 0.286. The molecule has 1 N–H and O–H groups in total. The minimum atomic E-state index is -3.66. The van der Waals surface area contributed by atoms with Crippen molar-refractivity contribution in [3.63, 3.8) is 0 Å². The Morgan fingerprint density at radius 1 is 1.03 bits per heavy atom. The molecule has 0 saturated carbocycles. The van der Waals surface area contributed by atoms with Gasteiger partial charge in [-0.05, 0) is 42.8 Å². The van der Waals surface area contributed by atoms with Crippen LogP contribution in [0.1, 0.15) is 12.5 Å². The number of anilines is 1. The Morgan fingerprint density at radius 2 is 1.70 bits per heavy atom. The number of nitrogens with one attached hydrogen (secondary N) is 1. The summed E-state index contributed by atoms with van der Waals surface area (Å²) in [7, 11) is 2.15. The first-order chi connectivity index (χ1) is 14.2. The summed E-state index contributed by atoms with van der Waals surface area (Å²) < 4.78 is 41.9. The van der Waals surface area contributed by atoms with Gasteiger partial charge in [0, 0.05) is 14.1 Å². The predicted molar refractivity (Wildman–Crippen MR) is 116 cm³/mol. The van der Waals surface area contributed by atoms with E-state index in [1.807, 2.05) is 25.1 Å². The van der Waals surface area contributed by atoms with Crippen molar-refractivity contribution < 1.29 is 27.4 Å². The van der Waals surface area contributed by atoms with Gasteiger partial charge in [-0.3, -0.25) is 4.79 Å². The summed E-state index contributed by atoms with van der Waals surface area (Å²) in [5.74, 6) is 0.758. The van der Waals surface area contributed by atoms with E-state index in [4.69, 9.17) is 14.2 Å². The summed E-state index contributed by atoms with van der Waals surface area (Å²) in [6, 6.07) is 9.60. The van der Waals surface area contributed by atoms with Gasteiger partial charge in [-0.2, -0.15) is 0 Å². The third kappa shape index (κ3) is 5.52. The number of ether oxygens (including phenoxy) is 3. The highest BCUT2D eigenvalue weighted by atomic mass is 32.2. The fourth-order valence-corrected chi connectivity index (χ4v) is 3.51. The van der Waals surface area contributed by atoms with Gasteiger partial charge in [0.2, 0.25) is 10.0 Å². The van der Waals surface area contributed by atoms with Gasteiger partial charge in [-0.25, -0.2) is 12.7 Å². The largest absolute Gasteiger partial charge is 0.495 e. The maximum absolute atomic E-state index is 12.4. The number of hydrogen-bond donors (Lipinski definition) is 1. The van der Waals surface area contributed by atoms with Crippen molar-refractivity contribution in [2.24, 2.45) is 0 Å². The maximum atomic E-state index is 12.4. The summed E-state index contributed by atoms with van der Waals surface area (Å²) in [5.41, 5.74) is 1.17. The Morgan fingerprint density at radius 3 is 2.30 bits per heavy atom. The Balaban J connectivity index is 2.17. The first kappa shape index (κ1) is 23.2. The van der Waals surface area contributed by atoms with E-state index in [1.165, 1.54) is 46.5 Å². The van der Waals surface area contributed by atoms with E-state index in [2.05, 4.69) is 5.32 Å². The van der Waals surface area contributed by atoms with Gasteiger partial charge in [0.25, 0.3) is 5.91 Å². The summed E-state index contributed by atoms with van der Waals surface area (Å²) in [6.45, 7) is 1.61. The molecule has 30 heavy (non-hydrogen) atoms. The van der Waals surface area contributed by atoms with Crippen molar-refractivity contribution in [3.05, 3.63) is 48.0 Å². The average molecular weight is 435 g/mol. The molecule has 0 aliphatic heterocycles. The van der Waals surface area contributed by atoms with Crippen LogP contribution in [0.4, 0.5) is 5.69 Å². The van der Waals surface area contributed by atoms with Crippen molar-refractivity contribution in [1.82, 2.24) is 4.31 Å². The van der Waals surface area contributed by atoms with Crippen molar-refractivity contribution >= 4 is 27.7 Å². The standard InChI is InChI=1S/C21H26N2O6S/c1-6-7-15-8-10-19(20(12-15)28-5)29-14-21(24)22-17-13-16(9-11-18(17)27-4)30(25,26)23(2)3/h6-13H,14H2,1-5H3,(H,22,24)/b7-6+. The lowest BCUT2D eigenvalue weighted by atomic mass is 10.2. The molecule has 0 unspecified atom stereocenters. The maximum Gasteiger partial charge on any atom is 0.262 e. The summed E-state index contributed by atoms with van der Waals surface area (Å²) in [5, 5.41) is 2.63. The van der Waals surface area contributed by atoms with Crippen molar-refractivity contribution in [3.8, 4) is 17.2 Å². The molecule has 0 saturated heterocycles. The molecule has 9 heteroatoms. The predicted octanol–water partition coefficient (Wildman–Crippen LogP) is 3.00. The number of sulfonamides is 1. The van der Waals surface area contributed by atoms with E-state index < -0.39 is 15.9 Å². The number of carbonyl (C=O) groups excluding carboxylic acids is 1. The van der Waals surface area contributed by atoms with Crippen LogP contribution >= 0.6 is 0 Å². The molecule has 0 aliphatic carbocycles. The molecule has 8 nitrogen and oxygen atoms in total. The van der Waals surface area contributed by atoms with Crippen LogP contribution < -0.4 is 19.5 Å². The second-order valence-electron chi connectivity index (χ2n) is 6.40. The molecule has 2 rings (SSSR count). The Kier molecular flexibility index (Phi) is 7.85. The lowest BCUT2D eigenvalue weighted by molar-refractivity contribution is -0.118. The van der Waals surface area contributed by atoms with Gasteiger partial charge in [0.15, 0.2) is 18.1 Å². The Hall–Kier alpha value is -3.04. The highest BCUT2D eigenvalue weighted by molar-refractivity contribution is 7.89. The van der Waals surface area contributed by atoms with Crippen molar-refractivity contribution in [2.75, 3.05) is 40.2 Å². The molecule has 0 fully saturated rings. The summed E-state index contributed by atoms with van der Waals surface area (Å²) >= 11 is 0. The zero-order valence-corrected chi connectivity index (χ0v) is 18.4. The molecule has 2 aromatic carbocycles. The third-order valence-corrected chi connectivity index (χ3v) is 5.94. The lowest BCUT2D eigenvalue weighted by Crippen LogP contribution is -2.23. The highest BCUT2D eigenvalue weighted by Crippen LogP contribution is 2.30. The van der Waals surface area contributed by atoms with Crippen LogP contribution in [0.5, 0.6) is 17.2 Å². The first-order valence-corrected chi connectivity index (χ1v) is 10.5. The molecule has 0 bridgehead atoms. The molecular formula is C21H26N2O6S. The highest BCUT2D eigenvalue weighted by Gasteiger charge is 2.20. The minimum absolute atomic E-state index is 0.0331. The van der Waals surface area contributed by atoms with Gasteiger partial charge < -0.3 is 19.5 Å². The van der Waals surface area contributed by atoms with Crippen LogP contribution in [0.25, 0.3) is 6.08 Å².